The van der Waals surface area contributed by atoms with Gasteiger partial charge in [0.15, 0.2) is 5.78 Å². The quantitative estimate of drug-likeness (QED) is 0.673. The van der Waals surface area contributed by atoms with Crippen molar-refractivity contribution in [3.63, 3.8) is 0 Å². The molecule has 0 unspecified atom stereocenters. The van der Waals surface area contributed by atoms with Crippen LogP contribution in [0.15, 0.2) is 16.6 Å². The summed E-state index contributed by atoms with van der Waals surface area (Å²) in [6.07, 6.45) is 0. The third-order valence-electron chi connectivity index (χ3n) is 1.69. The Hall–Kier alpha value is -0.350. The summed E-state index contributed by atoms with van der Waals surface area (Å²) in [6.45, 7) is 1.76. The highest BCUT2D eigenvalue weighted by atomic mass is 79.9. The Labute approximate surface area is 93.2 Å². The van der Waals surface area contributed by atoms with E-state index in [1.165, 1.54) is 0 Å². The molecule has 0 heterocycles. The fourth-order valence-electron chi connectivity index (χ4n) is 1.02. The normalized spacial score (nSPS) is 10.1. The molecule has 0 saturated carbocycles. The van der Waals surface area contributed by atoms with Gasteiger partial charge < -0.3 is 5.11 Å². The summed E-state index contributed by atoms with van der Waals surface area (Å²) in [5, 5.41) is 9.78. The number of rotatable bonds is 2. The zero-order valence-electron chi connectivity index (χ0n) is 6.97. The van der Waals surface area contributed by atoms with Gasteiger partial charge in [0.05, 0.1) is 10.9 Å². The van der Waals surface area contributed by atoms with Crippen LogP contribution in [0.1, 0.15) is 15.9 Å². The number of alkyl halides is 1. The van der Waals surface area contributed by atoms with Crippen LogP contribution in [0, 0.1) is 6.92 Å². The molecule has 1 aromatic rings. The van der Waals surface area contributed by atoms with Gasteiger partial charge in [-0.15, -0.1) is 0 Å². The fourth-order valence-corrected chi connectivity index (χ4v) is 1.89. The third-order valence-corrected chi connectivity index (χ3v) is 2.65. The zero-order chi connectivity index (χ0) is 10.0. The SMILES string of the molecule is Cc1cc(Br)cc(C(=O)CBr)c1O. The number of ketones is 1. The van der Waals surface area contributed by atoms with Crippen LogP contribution in [0.4, 0.5) is 0 Å². The number of aryl methyl sites for hydroxylation is 1. The van der Waals surface area contributed by atoms with Crippen LogP contribution >= 0.6 is 31.9 Å². The average Bonchev–Trinajstić information content (AvgIpc) is 2.10. The topological polar surface area (TPSA) is 37.3 Å². The summed E-state index contributed by atoms with van der Waals surface area (Å²) in [7, 11) is 0. The molecule has 0 aliphatic carbocycles. The maximum Gasteiger partial charge on any atom is 0.177 e. The molecule has 2 nitrogen and oxygen atoms in total. The molecule has 70 valence electrons. The molecule has 4 heteroatoms. The molecule has 13 heavy (non-hydrogen) atoms. The molecule has 0 aliphatic heterocycles. The standard InChI is InChI=1S/C9H8Br2O2/c1-5-2-6(11)3-7(9(5)13)8(12)4-10/h2-3,13H,4H2,1H3. The number of phenols is 1. The molecule has 0 saturated heterocycles. The van der Waals surface area contributed by atoms with E-state index in [4.69, 9.17) is 0 Å². The van der Waals surface area contributed by atoms with Crippen LogP contribution in [-0.2, 0) is 0 Å². The van der Waals surface area contributed by atoms with Gasteiger partial charge in [0, 0.05) is 4.47 Å². The molecule has 0 aliphatic rings. The molecule has 0 bridgehead atoms. The minimum Gasteiger partial charge on any atom is -0.507 e. The van der Waals surface area contributed by atoms with E-state index in [1.807, 2.05) is 0 Å². The summed E-state index contributed by atoms with van der Waals surface area (Å²) in [4.78, 5) is 11.3. The number of carbonyl (C=O) groups is 1. The van der Waals surface area contributed by atoms with Crippen molar-refractivity contribution in [3.8, 4) is 5.75 Å². The van der Waals surface area contributed by atoms with Gasteiger partial charge in [-0.3, -0.25) is 4.79 Å². The van der Waals surface area contributed by atoms with Crippen LogP contribution in [0.25, 0.3) is 0 Å². The Balaban J connectivity index is 3.28. The Bertz CT molecular complexity index is 348. The Kier molecular flexibility index (Phi) is 3.50. The molecular weight excluding hydrogens is 300 g/mol. The molecule has 0 spiro atoms. The molecule has 0 atom stereocenters. The lowest BCUT2D eigenvalue weighted by molar-refractivity contribution is 0.102. The lowest BCUT2D eigenvalue weighted by Gasteiger charge is -2.05. The second-order valence-electron chi connectivity index (χ2n) is 2.68. The fraction of sp³-hybridized carbons (Fsp3) is 0.222. The van der Waals surface area contributed by atoms with Gasteiger partial charge in [-0.1, -0.05) is 31.9 Å². The Morgan fingerprint density at radius 2 is 2.15 bits per heavy atom. The summed E-state index contributed by atoms with van der Waals surface area (Å²) in [5.41, 5.74) is 1.04. The van der Waals surface area contributed by atoms with E-state index in [2.05, 4.69) is 31.9 Å². The first-order valence-electron chi connectivity index (χ1n) is 3.64. The predicted octanol–water partition coefficient (Wildman–Crippen LogP) is 3.04. The van der Waals surface area contributed by atoms with Crippen molar-refractivity contribution in [1.82, 2.24) is 0 Å². The summed E-state index contributed by atoms with van der Waals surface area (Å²) >= 11 is 6.32. The van der Waals surface area contributed by atoms with Gasteiger partial charge in [0.25, 0.3) is 0 Å². The molecule has 1 N–H and O–H groups in total. The number of hydrogen-bond acceptors (Lipinski definition) is 2. The lowest BCUT2D eigenvalue weighted by Crippen LogP contribution is -2.01. The van der Waals surface area contributed by atoms with Crippen molar-refractivity contribution in [1.29, 1.82) is 0 Å². The molecule has 0 aromatic heterocycles. The highest BCUT2D eigenvalue weighted by Gasteiger charge is 2.12. The van der Waals surface area contributed by atoms with Gasteiger partial charge in [-0.25, -0.2) is 0 Å². The molecule has 1 rings (SSSR count). The maximum atomic E-state index is 11.3. The highest BCUT2D eigenvalue weighted by molar-refractivity contribution is 9.10. The molecule has 0 fully saturated rings. The summed E-state index contributed by atoms with van der Waals surface area (Å²) < 4.78 is 0.798. The first-order valence-corrected chi connectivity index (χ1v) is 5.56. The molecule has 1 aromatic carbocycles. The van der Waals surface area contributed by atoms with E-state index in [9.17, 15) is 9.90 Å². The van der Waals surface area contributed by atoms with Gasteiger partial charge in [0.2, 0.25) is 0 Å². The molecule has 0 radical (unpaired) electrons. The smallest absolute Gasteiger partial charge is 0.177 e. The average molecular weight is 308 g/mol. The lowest BCUT2D eigenvalue weighted by atomic mass is 10.1. The van der Waals surface area contributed by atoms with E-state index < -0.39 is 0 Å². The largest absolute Gasteiger partial charge is 0.507 e. The van der Waals surface area contributed by atoms with E-state index >= 15 is 0 Å². The second kappa shape index (κ2) is 4.24. The van der Waals surface area contributed by atoms with Crippen LogP contribution in [0.2, 0.25) is 0 Å². The van der Waals surface area contributed by atoms with Crippen molar-refractivity contribution in [2.45, 2.75) is 6.92 Å². The van der Waals surface area contributed by atoms with Crippen molar-refractivity contribution >= 4 is 37.6 Å². The van der Waals surface area contributed by atoms with Crippen molar-refractivity contribution in [2.24, 2.45) is 0 Å². The third kappa shape index (κ3) is 2.31. The number of Topliss-reactive ketones (excluding diaryl/α,β-unsaturated/α-hetero) is 1. The van der Waals surface area contributed by atoms with E-state index in [1.54, 1.807) is 19.1 Å². The number of benzene rings is 1. The summed E-state index contributed by atoms with van der Waals surface area (Å²) in [5.74, 6) is -0.0606. The molecular formula is C9H8Br2O2. The first kappa shape index (κ1) is 10.7. The Morgan fingerprint density at radius 3 is 2.69 bits per heavy atom. The maximum absolute atomic E-state index is 11.3. The van der Waals surface area contributed by atoms with Gasteiger partial charge in [-0.2, -0.15) is 0 Å². The van der Waals surface area contributed by atoms with Crippen LogP contribution in [0.3, 0.4) is 0 Å². The highest BCUT2D eigenvalue weighted by Crippen LogP contribution is 2.27. The van der Waals surface area contributed by atoms with Crippen molar-refractivity contribution in [2.75, 3.05) is 5.33 Å². The van der Waals surface area contributed by atoms with Crippen molar-refractivity contribution in [3.05, 3.63) is 27.7 Å². The van der Waals surface area contributed by atoms with E-state index in [-0.39, 0.29) is 16.9 Å². The van der Waals surface area contributed by atoms with Gasteiger partial charge in [0.1, 0.15) is 5.75 Å². The van der Waals surface area contributed by atoms with E-state index in [0.29, 0.717) is 11.1 Å². The number of phenolic OH excluding ortho intramolecular Hbond substituents is 1. The van der Waals surface area contributed by atoms with Gasteiger partial charge >= 0.3 is 0 Å². The molecule has 0 amide bonds. The van der Waals surface area contributed by atoms with Gasteiger partial charge in [-0.05, 0) is 24.6 Å². The Morgan fingerprint density at radius 1 is 1.54 bits per heavy atom. The van der Waals surface area contributed by atoms with E-state index in [0.717, 1.165) is 4.47 Å². The minimum absolute atomic E-state index is 0.0626. The summed E-state index contributed by atoms with van der Waals surface area (Å²) in [6, 6.07) is 3.38. The second-order valence-corrected chi connectivity index (χ2v) is 4.15. The zero-order valence-corrected chi connectivity index (χ0v) is 10.1. The monoisotopic (exact) mass is 306 g/mol. The number of halogens is 2. The first-order chi connectivity index (χ1) is 6.06. The van der Waals surface area contributed by atoms with Crippen LogP contribution in [-0.4, -0.2) is 16.2 Å². The number of hydrogen-bond donors (Lipinski definition) is 1. The number of aromatic hydroxyl groups is 1. The van der Waals surface area contributed by atoms with Crippen LogP contribution in [0.5, 0.6) is 5.75 Å². The van der Waals surface area contributed by atoms with Crippen LogP contribution < -0.4 is 0 Å². The predicted molar refractivity (Wildman–Crippen MR) is 58.7 cm³/mol. The minimum atomic E-state index is -0.123. The van der Waals surface area contributed by atoms with Crippen molar-refractivity contribution < 1.29 is 9.90 Å². The number of carbonyl (C=O) groups excluding carboxylic acids is 1.